The molecule has 84 valence electrons. The molecule has 0 aliphatic heterocycles. The minimum Gasteiger partial charge on any atom is -0.382 e. The third-order valence-electron chi connectivity index (χ3n) is 1.96. The number of nitriles is 2. The van der Waals surface area contributed by atoms with E-state index in [0.717, 1.165) is 0 Å². The summed E-state index contributed by atoms with van der Waals surface area (Å²) in [5, 5.41) is 17.5. The van der Waals surface area contributed by atoms with E-state index in [2.05, 4.69) is 4.98 Å². The summed E-state index contributed by atoms with van der Waals surface area (Å²) in [5.41, 5.74) is 0.428. The van der Waals surface area contributed by atoms with Crippen LogP contribution in [0.5, 0.6) is 0 Å². The summed E-state index contributed by atoms with van der Waals surface area (Å²) in [4.78, 5) is 3.82. The van der Waals surface area contributed by atoms with Crippen LogP contribution in [0.15, 0.2) is 6.33 Å². The molecular formula is C10H12N4O2. The van der Waals surface area contributed by atoms with Gasteiger partial charge in [0.1, 0.15) is 12.1 Å². The first-order chi connectivity index (χ1) is 7.83. The Labute approximate surface area is 93.6 Å². The third-order valence-corrected chi connectivity index (χ3v) is 1.96. The number of imidazole rings is 1. The highest BCUT2D eigenvalue weighted by molar-refractivity contribution is 5.35. The van der Waals surface area contributed by atoms with Gasteiger partial charge in [0.25, 0.3) is 0 Å². The maximum Gasteiger partial charge on any atom is 0.176 e. The van der Waals surface area contributed by atoms with Crippen LogP contribution in [-0.4, -0.2) is 36.5 Å². The molecular weight excluding hydrogens is 208 g/mol. The Bertz CT molecular complexity index is 413. The van der Waals surface area contributed by atoms with Gasteiger partial charge in [-0.25, -0.2) is 4.98 Å². The Morgan fingerprint density at radius 2 is 2.12 bits per heavy atom. The number of aromatic nitrogens is 2. The number of hydrogen-bond donors (Lipinski definition) is 0. The standard InChI is InChI=1S/C10H12N4O2/c1-15-4-5-16-3-2-14-8-13-9(6-11)10(14)7-12/h8H,2-5H2,1H3. The van der Waals surface area contributed by atoms with E-state index in [9.17, 15) is 0 Å². The second-order valence-corrected chi connectivity index (χ2v) is 2.96. The fourth-order valence-electron chi connectivity index (χ4n) is 1.16. The number of methoxy groups -OCH3 is 1. The fourth-order valence-corrected chi connectivity index (χ4v) is 1.16. The van der Waals surface area contributed by atoms with E-state index in [1.54, 1.807) is 11.7 Å². The van der Waals surface area contributed by atoms with Gasteiger partial charge in [-0.1, -0.05) is 0 Å². The zero-order chi connectivity index (χ0) is 11.8. The molecule has 0 atom stereocenters. The van der Waals surface area contributed by atoms with Gasteiger partial charge in [0, 0.05) is 13.7 Å². The van der Waals surface area contributed by atoms with Crippen LogP contribution >= 0.6 is 0 Å². The lowest BCUT2D eigenvalue weighted by molar-refractivity contribution is 0.0665. The van der Waals surface area contributed by atoms with Gasteiger partial charge >= 0.3 is 0 Å². The van der Waals surface area contributed by atoms with Crippen LogP contribution in [0.3, 0.4) is 0 Å². The number of rotatable bonds is 6. The largest absolute Gasteiger partial charge is 0.382 e. The highest BCUT2D eigenvalue weighted by atomic mass is 16.5. The fraction of sp³-hybridized carbons (Fsp3) is 0.500. The summed E-state index contributed by atoms with van der Waals surface area (Å²) in [6.07, 6.45) is 1.47. The minimum absolute atomic E-state index is 0.152. The van der Waals surface area contributed by atoms with Crippen molar-refractivity contribution < 1.29 is 9.47 Å². The molecule has 0 aliphatic carbocycles. The second kappa shape index (κ2) is 6.57. The highest BCUT2D eigenvalue weighted by Gasteiger charge is 2.08. The van der Waals surface area contributed by atoms with E-state index in [1.165, 1.54) is 6.33 Å². The molecule has 6 heteroatoms. The smallest absolute Gasteiger partial charge is 0.176 e. The zero-order valence-electron chi connectivity index (χ0n) is 9.01. The van der Waals surface area contributed by atoms with Crippen molar-refractivity contribution in [2.24, 2.45) is 0 Å². The summed E-state index contributed by atoms with van der Waals surface area (Å²) in [5.74, 6) is 0. The average molecular weight is 220 g/mol. The van der Waals surface area contributed by atoms with Gasteiger partial charge in [-0.15, -0.1) is 0 Å². The molecule has 0 aromatic carbocycles. The Morgan fingerprint density at radius 1 is 1.31 bits per heavy atom. The molecule has 0 saturated carbocycles. The summed E-state index contributed by atoms with van der Waals surface area (Å²) < 4.78 is 11.7. The quantitative estimate of drug-likeness (QED) is 0.643. The SMILES string of the molecule is COCCOCCn1cnc(C#N)c1C#N. The summed E-state index contributed by atoms with van der Waals surface area (Å²) in [6.45, 7) is 2.01. The van der Waals surface area contributed by atoms with Gasteiger partial charge in [0.2, 0.25) is 0 Å². The van der Waals surface area contributed by atoms with Crippen molar-refractivity contribution in [2.45, 2.75) is 6.54 Å². The average Bonchev–Trinajstić information content (AvgIpc) is 2.71. The molecule has 1 heterocycles. The van der Waals surface area contributed by atoms with E-state index in [-0.39, 0.29) is 11.4 Å². The zero-order valence-corrected chi connectivity index (χ0v) is 9.01. The van der Waals surface area contributed by atoms with Gasteiger partial charge in [-0.2, -0.15) is 10.5 Å². The molecule has 16 heavy (non-hydrogen) atoms. The van der Waals surface area contributed by atoms with Crippen LogP contribution < -0.4 is 0 Å². The van der Waals surface area contributed by atoms with Crippen LogP contribution in [0.2, 0.25) is 0 Å². The molecule has 0 radical (unpaired) electrons. The van der Waals surface area contributed by atoms with Crippen molar-refractivity contribution in [1.82, 2.24) is 9.55 Å². The molecule has 0 saturated heterocycles. The predicted molar refractivity (Wildman–Crippen MR) is 54.4 cm³/mol. The second-order valence-electron chi connectivity index (χ2n) is 2.96. The number of ether oxygens (including phenoxy) is 2. The molecule has 0 aliphatic rings. The van der Waals surface area contributed by atoms with E-state index >= 15 is 0 Å². The van der Waals surface area contributed by atoms with Crippen LogP contribution in [0, 0.1) is 22.7 Å². The van der Waals surface area contributed by atoms with Crippen molar-refractivity contribution in [3.05, 3.63) is 17.7 Å². The van der Waals surface area contributed by atoms with Crippen LogP contribution in [0.1, 0.15) is 11.4 Å². The van der Waals surface area contributed by atoms with Gasteiger partial charge in [-0.3, -0.25) is 0 Å². The first-order valence-corrected chi connectivity index (χ1v) is 4.75. The monoisotopic (exact) mass is 220 g/mol. The van der Waals surface area contributed by atoms with Gasteiger partial charge in [0.15, 0.2) is 11.4 Å². The lowest BCUT2D eigenvalue weighted by Gasteiger charge is -2.04. The van der Waals surface area contributed by atoms with Crippen LogP contribution in [0.25, 0.3) is 0 Å². The molecule has 0 unspecified atom stereocenters. The van der Waals surface area contributed by atoms with Crippen LogP contribution in [0.4, 0.5) is 0 Å². The molecule has 6 nitrogen and oxygen atoms in total. The van der Waals surface area contributed by atoms with E-state index in [1.807, 2.05) is 12.1 Å². The topological polar surface area (TPSA) is 83.9 Å². The van der Waals surface area contributed by atoms with E-state index in [4.69, 9.17) is 20.0 Å². The maximum atomic E-state index is 8.84. The third kappa shape index (κ3) is 3.06. The normalized spacial score (nSPS) is 9.69. The molecule has 0 spiro atoms. The van der Waals surface area contributed by atoms with Crippen molar-refractivity contribution in [3.8, 4) is 12.1 Å². The van der Waals surface area contributed by atoms with Crippen molar-refractivity contribution in [2.75, 3.05) is 26.9 Å². The molecule has 0 N–H and O–H groups in total. The first-order valence-electron chi connectivity index (χ1n) is 4.75. The molecule has 0 amide bonds. The Hall–Kier alpha value is -1.89. The first kappa shape index (κ1) is 12.2. The Kier molecular flexibility index (Phi) is 5.00. The predicted octanol–water partition coefficient (Wildman–Crippen LogP) is 0.289. The van der Waals surface area contributed by atoms with Crippen LogP contribution in [-0.2, 0) is 16.0 Å². The lowest BCUT2D eigenvalue weighted by Crippen LogP contribution is -2.10. The van der Waals surface area contributed by atoms with E-state index < -0.39 is 0 Å². The maximum absolute atomic E-state index is 8.84. The lowest BCUT2D eigenvalue weighted by atomic mass is 10.3. The Morgan fingerprint density at radius 3 is 2.75 bits per heavy atom. The van der Waals surface area contributed by atoms with Crippen molar-refractivity contribution in [3.63, 3.8) is 0 Å². The number of nitrogens with zero attached hydrogens (tertiary/aromatic N) is 4. The number of hydrogen-bond acceptors (Lipinski definition) is 5. The minimum atomic E-state index is 0.152. The highest BCUT2D eigenvalue weighted by Crippen LogP contribution is 2.04. The van der Waals surface area contributed by atoms with E-state index in [0.29, 0.717) is 26.4 Å². The molecule has 1 aromatic heterocycles. The molecule has 1 rings (SSSR count). The van der Waals surface area contributed by atoms with Gasteiger partial charge in [0.05, 0.1) is 26.1 Å². The summed E-state index contributed by atoms with van der Waals surface area (Å²) in [6, 6.07) is 3.81. The summed E-state index contributed by atoms with van der Waals surface area (Å²) in [7, 11) is 1.60. The Balaban J connectivity index is 2.46. The van der Waals surface area contributed by atoms with Crippen molar-refractivity contribution >= 4 is 0 Å². The van der Waals surface area contributed by atoms with Gasteiger partial charge < -0.3 is 14.0 Å². The van der Waals surface area contributed by atoms with Crippen molar-refractivity contribution in [1.29, 1.82) is 10.5 Å². The summed E-state index contributed by atoms with van der Waals surface area (Å²) >= 11 is 0. The molecule has 1 aromatic rings. The van der Waals surface area contributed by atoms with Gasteiger partial charge in [-0.05, 0) is 0 Å². The molecule has 0 bridgehead atoms. The molecule has 0 fully saturated rings.